The highest BCUT2D eigenvalue weighted by Gasteiger charge is 2.47. The number of nitro benzene ring substituents is 1. The van der Waals surface area contributed by atoms with Gasteiger partial charge in [0.1, 0.15) is 18.5 Å². The molecule has 4 atom stereocenters. The molecule has 5 N–H and O–H groups in total. The molecule has 43 heavy (non-hydrogen) atoms. The quantitative estimate of drug-likeness (QED) is 0.0748. The predicted molar refractivity (Wildman–Crippen MR) is 153 cm³/mol. The van der Waals surface area contributed by atoms with E-state index in [1.807, 2.05) is 0 Å². The van der Waals surface area contributed by atoms with Crippen LogP contribution in [0.4, 0.5) is 17.2 Å². The minimum atomic E-state index is -1.39. The Balaban J connectivity index is 1.02. The van der Waals surface area contributed by atoms with Gasteiger partial charge in [-0.3, -0.25) is 19.5 Å². The SMILES string of the molecule is CCNC(=O)[C@H]1O[C@@H](n2cnc3c(NCCCCCCCCNc4ccc([N+](=O)[O-])c5nonc45)ncnc32)[C@H](O)[C@@H]1O. The van der Waals surface area contributed by atoms with Crippen LogP contribution in [0.2, 0.25) is 0 Å². The van der Waals surface area contributed by atoms with Crippen LogP contribution in [-0.4, -0.2) is 88.8 Å². The summed E-state index contributed by atoms with van der Waals surface area (Å²) in [4.78, 5) is 35.8. The number of anilines is 2. The van der Waals surface area contributed by atoms with E-state index in [0.29, 0.717) is 47.8 Å². The van der Waals surface area contributed by atoms with Gasteiger partial charge in [0.05, 0.1) is 16.9 Å². The number of non-ortho nitro benzene ring substituents is 1. The molecule has 4 heterocycles. The zero-order chi connectivity index (χ0) is 30.3. The maximum atomic E-state index is 12.2. The third kappa shape index (κ3) is 6.47. The maximum absolute atomic E-state index is 12.2. The van der Waals surface area contributed by atoms with E-state index in [4.69, 9.17) is 4.74 Å². The molecule has 1 aromatic carbocycles. The van der Waals surface area contributed by atoms with E-state index in [1.54, 1.807) is 13.0 Å². The molecule has 1 aliphatic heterocycles. The highest BCUT2D eigenvalue weighted by atomic mass is 16.6. The van der Waals surface area contributed by atoms with Crippen molar-refractivity contribution in [1.82, 2.24) is 35.1 Å². The van der Waals surface area contributed by atoms with Crippen LogP contribution in [0.25, 0.3) is 22.2 Å². The van der Waals surface area contributed by atoms with Gasteiger partial charge >= 0.3 is 5.69 Å². The zero-order valence-electron chi connectivity index (χ0n) is 23.5. The minimum absolute atomic E-state index is 0.132. The molecule has 3 aromatic heterocycles. The highest BCUT2D eigenvalue weighted by Crippen LogP contribution is 2.32. The van der Waals surface area contributed by atoms with Crippen LogP contribution in [0, 0.1) is 10.1 Å². The highest BCUT2D eigenvalue weighted by molar-refractivity contribution is 5.93. The molecular weight excluding hydrogens is 564 g/mol. The molecule has 1 fully saturated rings. The Bertz CT molecular complexity index is 1560. The van der Waals surface area contributed by atoms with E-state index in [0.717, 1.165) is 38.5 Å². The van der Waals surface area contributed by atoms with Crippen LogP contribution in [0.15, 0.2) is 29.4 Å². The molecule has 0 aliphatic carbocycles. The Morgan fingerprint density at radius 2 is 1.70 bits per heavy atom. The van der Waals surface area contributed by atoms with Gasteiger partial charge in [-0.15, -0.1) is 0 Å². The number of carbonyl (C=O) groups excluding carboxylic acids is 1. The molecule has 230 valence electrons. The average molecular weight is 599 g/mol. The molecule has 5 rings (SSSR count). The second-order valence-electron chi connectivity index (χ2n) is 10.2. The number of carbonyl (C=O) groups is 1. The van der Waals surface area contributed by atoms with Gasteiger partial charge in [-0.25, -0.2) is 19.6 Å². The Morgan fingerprint density at radius 3 is 2.44 bits per heavy atom. The van der Waals surface area contributed by atoms with Crippen molar-refractivity contribution >= 4 is 45.3 Å². The first-order valence-electron chi connectivity index (χ1n) is 14.2. The smallest absolute Gasteiger partial charge is 0.300 e. The second kappa shape index (κ2) is 13.7. The Hall–Kier alpha value is -4.48. The van der Waals surface area contributed by atoms with Crippen LogP contribution >= 0.6 is 0 Å². The van der Waals surface area contributed by atoms with Crippen molar-refractivity contribution in [3.8, 4) is 0 Å². The van der Waals surface area contributed by atoms with Crippen molar-refractivity contribution in [3.05, 3.63) is 34.9 Å². The normalized spacial score (nSPS) is 20.1. The van der Waals surface area contributed by atoms with Gasteiger partial charge in [0, 0.05) is 25.7 Å². The number of rotatable bonds is 15. The standard InChI is InChI=1S/C26H34N10O7/c1-2-27-25(39)22-20(37)21(38)26(42-22)35-14-32-19-23(30-13-31-24(19)35)29-12-8-6-4-3-5-7-11-28-15-9-10-16(36(40)41)18-17(15)33-43-34-18/h9-10,13-14,20-22,26,28,37-38H,2-8,11-12H2,1H3,(H,27,39)(H,29,30,31)/t20-,21+,22-,26+/m0/s1. The summed E-state index contributed by atoms with van der Waals surface area (Å²) in [7, 11) is 0. The fourth-order valence-corrected chi connectivity index (χ4v) is 5.08. The Morgan fingerprint density at radius 1 is 0.977 bits per heavy atom. The van der Waals surface area contributed by atoms with Gasteiger partial charge in [0.25, 0.3) is 5.91 Å². The van der Waals surface area contributed by atoms with Crippen molar-refractivity contribution in [2.75, 3.05) is 30.3 Å². The molecular formula is C26H34N10O7. The van der Waals surface area contributed by atoms with Crippen LogP contribution in [-0.2, 0) is 9.53 Å². The summed E-state index contributed by atoms with van der Waals surface area (Å²) in [6, 6.07) is 3.01. The number of imidazole rings is 1. The van der Waals surface area contributed by atoms with E-state index >= 15 is 0 Å². The first-order chi connectivity index (χ1) is 20.9. The predicted octanol–water partition coefficient (Wildman–Crippen LogP) is 1.89. The summed E-state index contributed by atoms with van der Waals surface area (Å²) < 4.78 is 11.9. The Labute approximate surface area is 245 Å². The van der Waals surface area contributed by atoms with Crippen LogP contribution in [0.3, 0.4) is 0 Å². The molecule has 0 saturated carbocycles. The lowest BCUT2D eigenvalue weighted by Crippen LogP contribution is -2.42. The first kappa shape index (κ1) is 30.0. The number of ether oxygens (including phenoxy) is 1. The number of unbranched alkanes of at least 4 members (excludes halogenated alkanes) is 5. The van der Waals surface area contributed by atoms with Crippen molar-refractivity contribution in [1.29, 1.82) is 0 Å². The molecule has 17 nitrogen and oxygen atoms in total. The number of aliphatic hydroxyl groups is 2. The van der Waals surface area contributed by atoms with E-state index in [2.05, 4.69) is 45.8 Å². The lowest BCUT2D eigenvalue weighted by atomic mass is 10.1. The molecule has 4 aromatic rings. The number of likely N-dealkylation sites (N-methyl/N-ethyl adjacent to an activating group) is 1. The minimum Gasteiger partial charge on any atom is -0.387 e. The second-order valence-corrected chi connectivity index (χ2v) is 10.2. The van der Waals surface area contributed by atoms with Gasteiger partial charge in [-0.1, -0.05) is 25.7 Å². The van der Waals surface area contributed by atoms with Crippen LogP contribution in [0.1, 0.15) is 51.7 Å². The molecule has 1 saturated heterocycles. The first-order valence-corrected chi connectivity index (χ1v) is 14.2. The van der Waals surface area contributed by atoms with E-state index < -0.39 is 35.4 Å². The fraction of sp³-hybridized carbons (Fsp3) is 0.538. The number of amides is 1. The monoisotopic (exact) mass is 598 g/mol. The van der Waals surface area contributed by atoms with Crippen molar-refractivity contribution in [3.63, 3.8) is 0 Å². The number of benzene rings is 1. The van der Waals surface area contributed by atoms with E-state index in [1.165, 1.54) is 23.3 Å². The zero-order valence-corrected chi connectivity index (χ0v) is 23.5. The molecule has 0 unspecified atom stereocenters. The van der Waals surface area contributed by atoms with Gasteiger partial charge in [0.2, 0.25) is 5.52 Å². The number of aromatic nitrogens is 6. The summed E-state index contributed by atoms with van der Waals surface area (Å²) in [6.07, 6.45) is 3.93. The number of nitrogens with one attached hydrogen (secondary N) is 3. The topological polar surface area (TPSA) is 229 Å². The fourth-order valence-electron chi connectivity index (χ4n) is 5.08. The molecule has 1 amide bonds. The summed E-state index contributed by atoms with van der Waals surface area (Å²) in [5.74, 6) is 0.0500. The maximum Gasteiger partial charge on any atom is 0.300 e. The lowest BCUT2D eigenvalue weighted by molar-refractivity contribution is -0.383. The van der Waals surface area contributed by atoms with Crippen molar-refractivity contribution in [2.24, 2.45) is 0 Å². The number of nitro groups is 1. The van der Waals surface area contributed by atoms with Crippen molar-refractivity contribution in [2.45, 2.75) is 70.0 Å². The number of hydrogen-bond acceptors (Lipinski definition) is 14. The van der Waals surface area contributed by atoms with E-state index in [9.17, 15) is 25.1 Å². The number of aliphatic hydroxyl groups excluding tert-OH is 2. The molecule has 17 heteroatoms. The molecule has 0 bridgehead atoms. The summed E-state index contributed by atoms with van der Waals surface area (Å²) in [5.41, 5.74) is 1.91. The number of hydrogen-bond donors (Lipinski definition) is 5. The van der Waals surface area contributed by atoms with Crippen molar-refractivity contribution < 1.29 is 29.3 Å². The largest absolute Gasteiger partial charge is 0.387 e. The molecule has 1 aliphatic rings. The molecule has 0 spiro atoms. The number of fused-ring (bicyclic) bond motifs is 2. The van der Waals surface area contributed by atoms with Crippen LogP contribution in [0.5, 0.6) is 0 Å². The third-order valence-electron chi connectivity index (χ3n) is 7.28. The van der Waals surface area contributed by atoms with Gasteiger partial charge < -0.3 is 30.9 Å². The summed E-state index contributed by atoms with van der Waals surface area (Å²) in [6.45, 7) is 3.51. The van der Waals surface area contributed by atoms with Gasteiger partial charge in [0.15, 0.2) is 34.8 Å². The van der Waals surface area contributed by atoms with Gasteiger partial charge in [-0.2, -0.15) is 0 Å². The van der Waals surface area contributed by atoms with Crippen LogP contribution < -0.4 is 16.0 Å². The lowest BCUT2D eigenvalue weighted by Gasteiger charge is -2.16. The number of nitrogens with zero attached hydrogens (tertiary/aromatic N) is 7. The summed E-state index contributed by atoms with van der Waals surface area (Å²) in [5, 5.41) is 48.6. The Kier molecular flexibility index (Phi) is 9.53. The third-order valence-corrected chi connectivity index (χ3v) is 7.28. The van der Waals surface area contributed by atoms with Gasteiger partial charge in [-0.05, 0) is 36.1 Å². The molecule has 0 radical (unpaired) electrons. The van der Waals surface area contributed by atoms with E-state index in [-0.39, 0.29) is 11.2 Å². The average Bonchev–Trinajstić information content (AvgIpc) is 3.72. The summed E-state index contributed by atoms with van der Waals surface area (Å²) >= 11 is 0.